The average Bonchev–Trinajstić information content (AvgIpc) is 2.74. The first kappa shape index (κ1) is 24.2. The lowest BCUT2D eigenvalue weighted by atomic mass is 10.2. The van der Waals surface area contributed by atoms with E-state index < -0.39 is 0 Å². The van der Waals surface area contributed by atoms with Crippen molar-refractivity contribution in [3.05, 3.63) is 56.5 Å². The summed E-state index contributed by atoms with van der Waals surface area (Å²) in [5, 5.41) is 5.63. The standard InChI is InChI=1S/C22H26Br2N2O4/c1-3-11-29-19-7-5-15(23)13-17(19)21(27)25-9-10-26-22(28)18-14-16(24)6-8-20(18)30-12-4-2/h5-8,13-14H,3-4,9-12H2,1-2H3,(H,25,27)(H,26,28). The summed E-state index contributed by atoms with van der Waals surface area (Å²) in [5.74, 6) is 0.555. The largest absolute Gasteiger partial charge is 0.493 e. The van der Waals surface area contributed by atoms with Crippen molar-refractivity contribution in [3.8, 4) is 11.5 Å². The van der Waals surface area contributed by atoms with Crippen LogP contribution in [0.15, 0.2) is 45.3 Å². The van der Waals surface area contributed by atoms with Crippen molar-refractivity contribution in [2.45, 2.75) is 26.7 Å². The van der Waals surface area contributed by atoms with Crippen molar-refractivity contribution in [2.24, 2.45) is 0 Å². The molecule has 0 aliphatic heterocycles. The fraction of sp³-hybridized carbons (Fsp3) is 0.364. The second kappa shape index (κ2) is 12.6. The Morgan fingerprint density at radius 2 is 1.17 bits per heavy atom. The fourth-order valence-electron chi connectivity index (χ4n) is 2.58. The van der Waals surface area contributed by atoms with E-state index in [9.17, 15) is 9.59 Å². The predicted molar refractivity (Wildman–Crippen MR) is 125 cm³/mol. The van der Waals surface area contributed by atoms with Gasteiger partial charge >= 0.3 is 0 Å². The Labute approximate surface area is 194 Å². The molecule has 2 rings (SSSR count). The van der Waals surface area contributed by atoms with Crippen LogP contribution in [0.2, 0.25) is 0 Å². The molecule has 0 atom stereocenters. The number of nitrogens with one attached hydrogen (secondary N) is 2. The zero-order valence-corrected chi connectivity index (χ0v) is 20.3. The van der Waals surface area contributed by atoms with Crippen molar-refractivity contribution < 1.29 is 19.1 Å². The molecular formula is C22H26Br2N2O4. The van der Waals surface area contributed by atoms with Gasteiger partial charge < -0.3 is 20.1 Å². The van der Waals surface area contributed by atoms with Gasteiger partial charge in [-0.05, 0) is 49.2 Å². The first-order chi connectivity index (χ1) is 14.5. The van der Waals surface area contributed by atoms with Crippen LogP contribution in [0.3, 0.4) is 0 Å². The van der Waals surface area contributed by atoms with E-state index in [1.54, 1.807) is 24.3 Å². The van der Waals surface area contributed by atoms with Crippen LogP contribution in [0.25, 0.3) is 0 Å². The van der Waals surface area contributed by atoms with Crippen LogP contribution < -0.4 is 20.1 Å². The summed E-state index contributed by atoms with van der Waals surface area (Å²) in [4.78, 5) is 25.1. The Morgan fingerprint density at radius 1 is 0.767 bits per heavy atom. The maximum Gasteiger partial charge on any atom is 0.255 e. The van der Waals surface area contributed by atoms with Gasteiger partial charge in [0.2, 0.25) is 0 Å². The van der Waals surface area contributed by atoms with E-state index in [-0.39, 0.29) is 24.9 Å². The Balaban J connectivity index is 1.92. The van der Waals surface area contributed by atoms with Crippen LogP contribution in [-0.2, 0) is 0 Å². The number of hydrogen-bond donors (Lipinski definition) is 2. The summed E-state index contributed by atoms with van der Waals surface area (Å²) in [6.45, 7) is 5.64. The van der Waals surface area contributed by atoms with Gasteiger partial charge in [-0.3, -0.25) is 9.59 Å². The first-order valence-electron chi connectivity index (χ1n) is 9.87. The topological polar surface area (TPSA) is 76.7 Å². The molecule has 2 aromatic rings. The Bertz CT molecular complexity index is 803. The highest BCUT2D eigenvalue weighted by atomic mass is 79.9. The van der Waals surface area contributed by atoms with E-state index in [0.29, 0.717) is 35.8 Å². The minimum Gasteiger partial charge on any atom is -0.493 e. The van der Waals surface area contributed by atoms with Crippen LogP contribution in [0.5, 0.6) is 11.5 Å². The van der Waals surface area contributed by atoms with Gasteiger partial charge in [0.1, 0.15) is 11.5 Å². The summed E-state index contributed by atoms with van der Waals surface area (Å²) < 4.78 is 12.9. The highest BCUT2D eigenvalue weighted by Gasteiger charge is 2.15. The summed E-state index contributed by atoms with van der Waals surface area (Å²) in [5.41, 5.74) is 0.901. The summed E-state index contributed by atoms with van der Waals surface area (Å²) in [6.07, 6.45) is 1.70. The van der Waals surface area contributed by atoms with Crippen LogP contribution >= 0.6 is 31.9 Å². The molecular weight excluding hydrogens is 516 g/mol. The molecule has 0 saturated carbocycles. The molecule has 8 heteroatoms. The molecule has 0 aliphatic rings. The number of rotatable bonds is 11. The molecule has 162 valence electrons. The van der Waals surface area contributed by atoms with E-state index in [1.807, 2.05) is 26.0 Å². The van der Waals surface area contributed by atoms with Crippen molar-refractivity contribution >= 4 is 43.7 Å². The SMILES string of the molecule is CCCOc1ccc(Br)cc1C(=O)NCCNC(=O)c1cc(Br)ccc1OCCC. The zero-order chi connectivity index (χ0) is 21.9. The molecule has 0 spiro atoms. The van der Waals surface area contributed by atoms with Crippen LogP contribution in [0, 0.1) is 0 Å². The fourth-order valence-corrected chi connectivity index (χ4v) is 3.30. The number of ether oxygens (including phenoxy) is 2. The van der Waals surface area contributed by atoms with Gasteiger partial charge in [0, 0.05) is 22.0 Å². The molecule has 0 saturated heterocycles. The smallest absolute Gasteiger partial charge is 0.255 e. The summed E-state index contributed by atoms with van der Waals surface area (Å²) >= 11 is 6.76. The normalized spacial score (nSPS) is 10.4. The first-order valence-corrected chi connectivity index (χ1v) is 11.5. The molecule has 0 bridgehead atoms. The van der Waals surface area contributed by atoms with Crippen molar-refractivity contribution in [3.63, 3.8) is 0 Å². The number of halogens is 2. The van der Waals surface area contributed by atoms with Crippen molar-refractivity contribution in [1.82, 2.24) is 10.6 Å². The van der Waals surface area contributed by atoms with E-state index in [0.717, 1.165) is 21.8 Å². The van der Waals surface area contributed by atoms with Gasteiger partial charge in [-0.25, -0.2) is 0 Å². The van der Waals surface area contributed by atoms with Gasteiger partial charge in [-0.1, -0.05) is 45.7 Å². The number of amides is 2. The average molecular weight is 542 g/mol. The molecule has 0 heterocycles. The Hall–Kier alpha value is -2.06. The summed E-state index contributed by atoms with van der Waals surface area (Å²) in [6, 6.07) is 10.6. The van der Waals surface area contributed by atoms with Gasteiger partial charge in [0.05, 0.1) is 24.3 Å². The molecule has 2 amide bonds. The van der Waals surface area contributed by atoms with Crippen LogP contribution in [0.1, 0.15) is 47.4 Å². The third-order valence-electron chi connectivity index (χ3n) is 3.99. The minimum atomic E-state index is -0.258. The molecule has 6 nitrogen and oxygen atoms in total. The van der Waals surface area contributed by atoms with E-state index in [1.165, 1.54) is 0 Å². The second-order valence-electron chi connectivity index (χ2n) is 6.49. The maximum absolute atomic E-state index is 12.6. The molecule has 2 N–H and O–H groups in total. The molecule has 0 unspecified atom stereocenters. The van der Waals surface area contributed by atoms with Gasteiger partial charge in [0.15, 0.2) is 0 Å². The molecule has 0 aromatic heterocycles. The number of benzene rings is 2. The van der Waals surface area contributed by atoms with Crippen LogP contribution in [0.4, 0.5) is 0 Å². The maximum atomic E-state index is 12.6. The van der Waals surface area contributed by atoms with E-state index >= 15 is 0 Å². The second-order valence-corrected chi connectivity index (χ2v) is 8.32. The van der Waals surface area contributed by atoms with Gasteiger partial charge in [-0.15, -0.1) is 0 Å². The lowest BCUT2D eigenvalue weighted by Gasteiger charge is -2.13. The third-order valence-corrected chi connectivity index (χ3v) is 4.98. The minimum absolute atomic E-state index is 0.258. The summed E-state index contributed by atoms with van der Waals surface area (Å²) in [7, 11) is 0. The number of carbonyl (C=O) groups excluding carboxylic acids is 2. The Morgan fingerprint density at radius 3 is 1.53 bits per heavy atom. The quantitative estimate of drug-likeness (QED) is 0.395. The highest BCUT2D eigenvalue weighted by molar-refractivity contribution is 9.10. The van der Waals surface area contributed by atoms with Crippen LogP contribution in [-0.4, -0.2) is 38.1 Å². The molecule has 0 radical (unpaired) electrons. The molecule has 30 heavy (non-hydrogen) atoms. The van der Waals surface area contributed by atoms with Gasteiger partial charge in [-0.2, -0.15) is 0 Å². The third kappa shape index (κ3) is 7.32. The van der Waals surface area contributed by atoms with Crippen molar-refractivity contribution in [2.75, 3.05) is 26.3 Å². The molecule has 2 aromatic carbocycles. The number of hydrogen-bond acceptors (Lipinski definition) is 4. The zero-order valence-electron chi connectivity index (χ0n) is 17.1. The molecule has 0 aliphatic carbocycles. The monoisotopic (exact) mass is 540 g/mol. The van der Waals surface area contributed by atoms with E-state index in [4.69, 9.17) is 9.47 Å². The predicted octanol–water partition coefficient (Wildman–Crippen LogP) is 4.95. The van der Waals surface area contributed by atoms with Crippen molar-refractivity contribution in [1.29, 1.82) is 0 Å². The lowest BCUT2D eigenvalue weighted by molar-refractivity contribution is 0.0923. The Kier molecular flexibility index (Phi) is 10.2. The molecule has 0 fully saturated rings. The highest BCUT2D eigenvalue weighted by Crippen LogP contribution is 2.24. The lowest BCUT2D eigenvalue weighted by Crippen LogP contribution is -2.35. The van der Waals surface area contributed by atoms with Gasteiger partial charge in [0.25, 0.3) is 11.8 Å². The number of carbonyl (C=O) groups is 2. The van der Waals surface area contributed by atoms with E-state index in [2.05, 4.69) is 42.5 Å².